The van der Waals surface area contributed by atoms with E-state index in [1.807, 2.05) is 42.5 Å². The quantitative estimate of drug-likeness (QED) is 0.608. The van der Waals surface area contributed by atoms with Crippen LogP contribution in [0, 0.1) is 0 Å². The van der Waals surface area contributed by atoms with Crippen LogP contribution in [0.15, 0.2) is 78.0 Å². The summed E-state index contributed by atoms with van der Waals surface area (Å²) in [5.41, 5.74) is 2.01. The SMILES string of the molecule is O=C(NC(c1ccccc1)c1ccncc1)c1ccc(Cl)c(S(=O)(=O)N2CCCC2)c1. The highest BCUT2D eigenvalue weighted by Crippen LogP contribution is 2.29. The van der Waals surface area contributed by atoms with Crippen molar-refractivity contribution in [1.82, 2.24) is 14.6 Å². The molecule has 1 saturated heterocycles. The van der Waals surface area contributed by atoms with Gasteiger partial charge in [-0.15, -0.1) is 0 Å². The molecule has 0 aliphatic carbocycles. The molecule has 1 amide bonds. The number of hydrogen-bond donors (Lipinski definition) is 1. The summed E-state index contributed by atoms with van der Waals surface area (Å²) in [5.74, 6) is -0.389. The number of nitrogens with zero attached hydrogens (tertiary/aromatic N) is 2. The Morgan fingerprint density at radius 1 is 0.968 bits per heavy atom. The zero-order valence-electron chi connectivity index (χ0n) is 16.7. The minimum Gasteiger partial charge on any atom is -0.341 e. The van der Waals surface area contributed by atoms with Gasteiger partial charge in [-0.2, -0.15) is 4.31 Å². The summed E-state index contributed by atoms with van der Waals surface area (Å²) < 4.78 is 27.4. The Kier molecular flexibility index (Phi) is 6.36. The highest BCUT2D eigenvalue weighted by Gasteiger charge is 2.30. The second-order valence-corrected chi connectivity index (χ2v) is 9.67. The lowest BCUT2D eigenvalue weighted by atomic mass is 9.99. The molecule has 160 valence electrons. The van der Waals surface area contributed by atoms with Crippen molar-refractivity contribution < 1.29 is 13.2 Å². The molecule has 8 heteroatoms. The molecular formula is C23H22ClN3O3S. The van der Waals surface area contributed by atoms with E-state index in [1.54, 1.807) is 12.4 Å². The van der Waals surface area contributed by atoms with Crippen molar-refractivity contribution in [1.29, 1.82) is 0 Å². The third-order valence-corrected chi connectivity index (χ3v) is 7.70. The average Bonchev–Trinajstić information content (AvgIpc) is 3.35. The number of pyridine rings is 1. The van der Waals surface area contributed by atoms with Gasteiger partial charge in [0, 0.05) is 31.0 Å². The smallest absolute Gasteiger partial charge is 0.252 e. The number of sulfonamides is 1. The maximum atomic E-state index is 13.1. The lowest BCUT2D eigenvalue weighted by molar-refractivity contribution is 0.0942. The lowest BCUT2D eigenvalue weighted by Gasteiger charge is -2.21. The van der Waals surface area contributed by atoms with Crippen LogP contribution < -0.4 is 5.32 Å². The van der Waals surface area contributed by atoms with Crippen LogP contribution in [0.1, 0.15) is 40.4 Å². The van der Waals surface area contributed by atoms with Gasteiger partial charge >= 0.3 is 0 Å². The average molecular weight is 456 g/mol. The van der Waals surface area contributed by atoms with Gasteiger partial charge in [-0.25, -0.2) is 8.42 Å². The standard InChI is InChI=1S/C23H22ClN3O3S/c24-20-9-8-19(16-21(20)31(29,30)27-14-4-5-15-27)23(28)26-22(17-6-2-1-3-7-17)18-10-12-25-13-11-18/h1-3,6-13,16,22H,4-5,14-15H2,(H,26,28). The monoisotopic (exact) mass is 455 g/mol. The fourth-order valence-corrected chi connectivity index (χ4v) is 5.70. The van der Waals surface area contributed by atoms with Crippen molar-refractivity contribution in [2.24, 2.45) is 0 Å². The van der Waals surface area contributed by atoms with E-state index < -0.39 is 16.1 Å². The molecular weight excluding hydrogens is 434 g/mol. The molecule has 0 spiro atoms. The van der Waals surface area contributed by atoms with E-state index in [9.17, 15) is 13.2 Å². The van der Waals surface area contributed by atoms with Gasteiger partial charge in [-0.1, -0.05) is 41.9 Å². The van der Waals surface area contributed by atoms with Crippen LogP contribution in [0.2, 0.25) is 5.02 Å². The molecule has 31 heavy (non-hydrogen) atoms. The summed E-state index contributed by atoms with van der Waals surface area (Å²) >= 11 is 6.22. The number of carbonyl (C=O) groups is 1. The Balaban J connectivity index is 1.66. The molecule has 1 unspecified atom stereocenters. The first-order valence-electron chi connectivity index (χ1n) is 10.0. The lowest BCUT2D eigenvalue weighted by Crippen LogP contribution is -2.30. The van der Waals surface area contributed by atoms with E-state index >= 15 is 0 Å². The first-order chi connectivity index (χ1) is 15.0. The van der Waals surface area contributed by atoms with Crippen molar-refractivity contribution in [3.05, 3.63) is 94.8 Å². The predicted octanol–water partition coefficient (Wildman–Crippen LogP) is 4.04. The minimum absolute atomic E-state index is 0.0381. The molecule has 6 nitrogen and oxygen atoms in total. The normalized spacial score (nSPS) is 15.5. The molecule has 1 fully saturated rings. The summed E-state index contributed by atoms with van der Waals surface area (Å²) in [7, 11) is -3.75. The minimum atomic E-state index is -3.75. The van der Waals surface area contributed by atoms with Gasteiger partial charge in [0.15, 0.2) is 0 Å². The fraction of sp³-hybridized carbons (Fsp3) is 0.217. The highest BCUT2D eigenvalue weighted by molar-refractivity contribution is 7.89. The molecule has 4 rings (SSSR count). The van der Waals surface area contributed by atoms with Crippen molar-refractivity contribution in [2.75, 3.05) is 13.1 Å². The van der Waals surface area contributed by atoms with Crippen molar-refractivity contribution in [3.8, 4) is 0 Å². The predicted molar refractivity (Wildman–Crippen MR) is 119 cm³/mol. The Bertz CT molecular complexity index is 1130. The number of halogens is 1. The van der Waals surface area contributed by atoms with Crippen LogP contribution >= 0.6 is 11.6 Å². The van der Waals surface area contributed by atoms with E-state index in [0.29, 0.717) is 13.1 Å². The topological polar surface area (TPSA) is 79.4 Å². The number of aromatic nitrogens is 1. The first-order valence-corrected chi connectivity index (χ1v) is 11.8. The van der Waals surface area contributed by atoms with E-state index in [2.05, 4.69) is 10.3 Å². The maximum absolute atomic E-state index is 13.1. The molecule has 0 bridgehead atoms. The largest absolute Gasteiger partial charge is 0.341 e. The molecule has 2 aromatic carbocycles. The number of rotatable bonds is 6. The number of hydrogen-bond acceptors (Lipinski definition) is 4. The van der Waals surface area contributed by atoms with E-state index in [1.165, 1.54) is 22.5 Å². The zero-order chi connectivity index (χ0) is 21.8. The number of carbonyl (C=O) groups excluding carboxylic acids is 1. The Morgan fingerprint density at radius 2 is 1.61 bits per heavy atom. The van der Waals surface area contributed by atoms with E-state index in [-0.39, 0.29) is 21.4 Å². The molecule has 1 aromatic heterocycles. The van der Waals surface area contributed by atoms with Gasteiger partial charge in [-0.05, 0) is 54.3 Å². The molecule has 1 atom stereocenters. The molecule has 1 aliphatic rings. The van der Waals surface area contributed by atoms with Gasteiger partial charge in [0.25, 0.3) is 5.91 Å². The number of benzene rings is 2. The molecule has 0 radical (unpaired) electrons. The summed E-state index contributed by atoms with van der Waals surface area (Å²) in [4.78, 5) is 17.1. The van der Waals surface area contributed by atoms with E-state index in [0.717, 1.165) is 24.0 Å². The second kappa shape index (κ2) is 9.18. The maximum Gasteiger partial charge on any atom is 0.252 e. The van der Waals surface area contributed by atoms with Crippen LogP contribution in [0.5, 0.6) is 0 Å². The number of amides is 1. The Morgan fingerprint density at radius 3 is 2.29 bits per heavy atom. The third-order valence-electron chi connectivity index (χ3n) is 5.32. The second-order valence-electron chi connectivity index (χ2n) is 7.35. The molecule has 2 heterocycles. The zero-order valence-corrected chi connectivity index (χ0v) is 18.3. The summed E-state index contributed by atoms with van der Waals surface area (Å²) in [6.07, 6.45) is 4.98. The van der Waals surface area contributed by atoms with Crippen LogP contribution in [-0.2, 0) is 10.0 Å². The summed E-state index contributed by atoms with van der Waals surface area (Å²) in [6, 6.07) is 17.2. The van der Waals surface area contributed by atoms with Gasteiger partial charge in [0.05, 0.1) is 11.1 Å². The van der Waals surface area contributed by atoms with Crippen molar-refractivity contribution in [3.63, 3.8) is 0 Å². The summed E-state index contributed by atoms with van der Waals surface area (Å²) in [5, 5.41) is 3.12. The third kappa shape index (κ3) is 4.63. The molecule has 0 saturated carbocycles. The van der Waals surface area contributed by atoms with Crippen molar-refractivity contribution >= 4 is 27.5 Å². The first kappa shape index (κ1) is 21.5. The molecule has 1 N–H and O–H groups in total. The number of nitrogens with one attached hydrogen (secondary N) is 1. The van der Waals surface area contributed by atoms with Gasteiger partial charge < -0.3 is 5.32 Å². The van der Waals surface area contributed by atoms with Crippen LogP contribution in [0.4, 0.5) is 0 Å². The molecule has 1 aliphatic heterocycles. The summed E-state index contributed by atoms with van der Waals surface area (Å²) in [6.45, 7) is 0.931. The Labute approximate surface area is 186 Å². The highest BCUT2D eigenvalue weighted by atomic mass is 35.5. The van der Waals surface area contributed by atoms with Gasteiger partial charge in [-0.3, -0.25) is 9.78 Å². The van der Waals surface area contributed by atoms with E-state index in [4.69, 9.17) is 11.6 Å². The molecule has 3 aromatic rings. The van der Waals surface area contributed by atoms with Crippen molar-refractivity contribution in [2.45, 2.75) is 23.8 Å². The van der Waals surface area contributed by atoms with Gasteiger partial charge in [0.1, 0.15) is 4.90 Å². The van der Waals surface area contributed by atoms with Crippen LogP contribution in [0.3, 0.4) is 0 Å². The Hall–Kier alpha value is -2.74. The fourth-order valence-electron chi connectivity index (χ4n) is 3.68. The van der Waals surface area contributed by atoms with Gasteiger partial charge in [0.2, 0.25) is 10.0 Å². The van der Waals surface area contributed by atoms with Crippen LogP contribution in [0.25, 0.3) is 0 Å². The van der Waals surface area contributed by atoms with Crippen LogP contribution in [-0.4, -0.2) is 36.7 Å².